The molecule has 20 heavy (non-hydrogen) atoms. The first-order chi connectivity index (χ1) is 9.69. The van der Waals surface area contributed by atoms with Gasteiger partial charge in [-0.25, -0.2) is 4.39 Å². The molecule has 0 aliphatic carbocycles. The Morgan fingerprint density at radius 3 is 2.85 bits per heavy atom. The molecule has 1 heterocycles. The lowest BCUT2D eigenvalue weighted by atomic mass is 10.2. The second-order valence-corrected chi connectivity index (χ2v) is 4.73. The fraction of sp³-hybridized carbons (Fsp3) is 0.267. The maximum absolute atomic E-state index is 13.5. The minimum absolute atomic E-state index is 0.126. The maximum atomic E-state index is 13.5. The third kappa shape index (κ3) is 4.18. The van der Waals surface area contributed by atoms with E-state index in [1.54, 1.807) is 12.3 Å². The number of nitrogens with zero attached hydrogens (tertiary/aromatic N) is 1. The number of hydrogen-bond acceptors (Lipinski definition) is 3. The number of halogens is 2. The molecule has 0 saturated carbocycles. The van der Waals surface area contributed by atoms with E-state index in [-0.39, 0.29) is 12.4 Å². The van der Waals surface area contributed by atoms with Gasteiger partial charge in [0.25, 0.3) is 0 Å². The van der Waals surface area contributed by atoms with Crippen LogP contribution in [-0.4, -0.2) is 11.5 Å². The highest BCUT2D eigenvalue weighted by Crippen LogP contribution is 2.17. The van der Waals surface area contributed by atoms with Crippen molar-refractivity contribution in [2.45, 2.75) is 20.1 Å². The van der Waals surface area contributed by atoms with Crippen molar-refractivity contribution in [2.75, 3.05) is 6.54 Å². The summed E-state index contributed by atoms with van der Waals surface area (Å²) in [6.07, 6.45) is 1.63. The molecule has 0 radical (unpaired) electrons. The first kappa shape index (κ1) is 14.8. The van der Waals surface area contributed by atoms with Crippen LogP contribution in [0.15, 0.2) is 36.5 Å². The van der Waals surface area contributed by atoms with E-state index in [9.17, 15) is 4.39 Å². The van der Waals surface area contributed by atoms with Gasteiger partial charge < -0.3 is 10.1 Å². The molecule has 0 bridgehead atoms. The third-order valence-electron chi connectivity index (χ3n) is 2.76. The Balaban J connectivity index is 1.95. The molecule has 0 fully saturated rings. The highest BCUT2D eigenvalue weighted by molar-refractivity contribution is 6.30. The van der Waals surface area contributed by atoms with Crippen LogP contribution in [0.3, 0.4) is 0 Å². The highest BCUT2D eigenvalue weighted by Gasteiger charge is 2.04. The van der Waals surface area contributed by atoms with E-state index in [2.05, 4.69) is 10.3 Å². The van der Waals surface area contributed by atoms with Crippen molar-refractivity contribution in [3.8, 4) is 5.75 Å². The Hall–Kier alpha value is -1.65. The minimum atomic E-state index is -0.328. The molecule has 2 rings (SSSR count). The van der Waals surface area contributed by atoms with Crippen molar-refractivity contribution in [2.24, 2.45) is 0 Å². The largest absolute Gasteiger partial charge is 0.487 e. The zero-order valence-electron chi connectivity index (χ0n) is 11.2. The summed E-state index contributed by atoms with van der Waals surface area (Å²) in [5.41, 5.74) is 1.36. The van der Waals surface area contributed by atoms with Crippen LogP contribution in [0.4, 0.5) is 4.39 Å². The van der Waals surface area contributed by atoms with E-state index in [4.69, 9.17) is 16.3 Å². The molecule has 0 spiro atoms. The summed E-state index contributed by atoms with van der Waals surface area (Å²) in [4.78, 5) is 4.26. The number of ether oxygens (including phenoxy) is 1. The van der Waals surface area contributed by atoms with E-state index in [0.29, 0.717) is 16.3 Å². The quantitative estimate of drug-likeness (QED) is 0.884. The summed E-state index contributed by atoms with van der Waals surface area (Å²) in [6, 6.07) is 8.11. The summed E-state index contributed by atoms with van der Waals surface area (Å²) < 4.78 is 19.0. The monoisotopic (exact) mass is 294 g/mol. The van der Waals surface area contributed by atoms with E-state index in [1.165, 1.54) is 12.1 Å². The van der Waals surface area contributed by atoms with Gasteiger partial charge in [0.15, 0.2) is 0 Å². The first-order valence-corrected chi connectivity index (χ1v) is 6.79. The van der Waals surface area contributed by atoms with Gasteiger partial charge in [-0.3, -0.25) is 4.98 Å². The zero-order chi connectivity index (χ0) is 14.4. The Morgan fingerprint density at radius 1 is 1.30 bits per heavy atom. The van der Waals surface area contributed by atoms with E-state index >= 15 is 0 Å². The molecular formula is C15H16ClFN2O. The maximum Gasteiger partial charge on any atom is 0.138 e. The van der Waals surface area contributed by atoms with Crippen molar-refractivity contribution in [1.82, 2.24) is 10.3 Å². The van der Waals surface area contributed by atoms with Gasteiger partial charge >= 0.3 is 0 Å². The SMILES string of the molecule is CCNCc1ccc(OCc2cc(Cl)ccc2F)cn1. The number of benzene rings is 1. The van der Waals surface area contributed by atoms with Gasteiger partial charge in [0.2, 0.25) is 0 Å². The van der Waals surface area contributed by atoms with Crippen molar-refractivity contribution in [3.63, 3.8) is 0 Å². The molecule has 0 unspecified atom stereocenters. The molecule has 1 N–H and O–H groups in total. The van der Waals surface area contributed by atoms with E-state index in [0.717, 1.165) is 18.8 Å². The number of rotatable bonds is 6. The lowest BCUT2D eigenvalue weighted by Crippen LogP contribution is -2.12. The lowest BCUT2D eigenvalue weighted by molar-refractivity contribution is 0.298. The van der Waals surface area contributed by atoms with Crippen LogP contribution in [0.25, 0.3) is 0 Å². The summed E-state index contributed by atoms with van der Waals surface area (Å²) in [5.74, 6) is 0.274. The number of pyridine rings is 1. The Bertz CT molecular complexity index is 560. The molecule has 0 aliphatic heterocycles. The molecule has 0 amide bonds. The van der Waals surface area contributed by atoms with Crippen LogP contribution in [0.5, 0.6) is 5.75 Å². The predicted octanol–water partition coefficient (Wildman–Crippen LogP) is 3.56. The highest BCUT2D eigenvalue weighted by atomic mass is 35.5. The number of aromatic nitrogens is 1. The molecule has 5 heteroatoms. The molecular weight excluding hydrogens is 279 g/mol. The Labute approximate surface area is 122 Å². The second kappa shape index (κ2) is 7.22. The summed E-state index contributed by atoms with van der Waals surface area (Å²) in [6.45, 7) is 3.78. The molecule has 106 valence electrons. The molecule has 1 aromatic carbocycles. The van der Waals surface area contributed by atoms with Gasteiger partial charge in [0, 0.05) is 17.1 Å². The van der Waals surface area contributed by atoms with E-state index < -0.39 is 0 Å². The van der Waals surface area contributed by atoms with Gasteiger partial charge in [-0.15, -0.1) is 0 Å². The molecule has 3 nitrogen and oxygen atoms in total. The average Bonchev–Trinajstić information content (AvgIpc) is 2.47. The van der Waals surface area contributed by atoms with Crippen LogP contribution >= 0.6 is 11.6 Å². The molecule has 1 aromatic heterocycles. The third-order valence-corrected chi connectivity index (χ3v) is 2.99. The molecule has 0 aliphatic rings. The summed E-state index contributed by atoms with van der Waals surface area (Å²) in [7, 11) is 0. The van der Waals surface area contributed by atoms with Crippen LogP contribution in [0, 0.1) is 5.82 Å². The van der Waals surface area contributed by atoms with Crippen LogP contribution in [0.1, 0.15) is 18.2 Å². The fourth-order valence-electron chi connectivity index (χ4n) is 1.67. The predicted molar refractivity (Wildman–Crippen MR) is 77.4 cm³/mol. The van der Waals surface area contributed by atoms with Crippen molar-refractivity contribution >= 4 is 11.6 Å². The normalized spacial score (nSPS) is 10.6. The van der Waals surface area contributed by atoms with Crippen LogP contribution < -0.4 is 10.1 Å². The standard InChI is InChI=1S/C15H16ClFN2O/c1-2-18-8-13-4-5-14(9-19-13)20-10-11-7-12(16)3-6-15(11)17/h3-7,9,18H,2,8,10H2,1H3. The lowest BCUT2D eigenvalue weighted by Gasteiger charge is -2.08. The molecule has 2 aromatic rings. The van der Waals surface area contributed by atoms with Crippen LogP contribution in [-0.2, 0) is 13.2 Å². The van der Waals surface area contributed by atoms with Gasteiger partial charge in [0.1, 0.15) is 18.2 Å². The van der Waals surface area contributed by atoms with Gasteiger partial charge in [-0.05, 0) is 36.9 Å². The average molecular weight is 295 g/mol. The number of nitrogens with one attached hydrogen (secondary N) is 1. The topological polar surface area (TPSA) is 34.1 Å². The van der Waals surface area contributed by atoms with Gasteiger partial charge in [0.05, 0.1) is 11.9 Å². The second-order valence-electron chi connectivity index (χ2n) is 4.29. The van der Waals surface area contributed by atoms with Crippen molar-refractivity contribution in [1.29, 1.82) is 0 Å². The summed E-state index contributed by atoms with van der Waals surface area (Å²) in [5, 5.41) is 3.68. The van der Waals surface area contributed by atoms with Crippen molar-refractivity contribution < 1.29 is 9.13 Å². The zero-order valence-corrected chi connectivity index (χ0v) is 12.0. The van der Waals surface area contributed by atoms with Crippen molar-refractivity contribution in [3.05, 3.63) is 58.6 Å². The number of hydrogen-bond donors (Lipinski definition) is 1. The van der Waals surface area contributed by atoms with Gasteiger partial charge in [-0.1, -0.05) is 18.5 Å². The fourth-order valence-corrected chi connectivity index (χ4v) is 1.86. The Kier molecular flexibility index (Phi) is 5.32. The molecule has 0 saturated heterocycles. The minimum Gasteiger partial charge on any atom is -0.487 e. The first-order valence-electron chi connectivity index (χ1n) is 6.41. The summed E-state index contributed by atoms with van der Waals surface area (Å²) >= 11 is 5.83. The van der Waals surface area contributed by atoms with Gasteiger partial charge in [-0.2, -0.15) is 0 Å². The van der Waals surface area contributed by atoms with E-state index in [1.807, 2.05) is 19.1 Å². The molecule has 0 atom stereocenters. The Morgan fingerprint density at radius 2 is 2.15 bits per heavy atom. The van der Waals surface area contributed by atoms with Crippen LogP contribution in [0.2, 0.25) is 5.02 Å². The smallest absolute Gasteiger partial charge is 0.138 e.